The molecule has 1 saturated carbocycles. The van der Waals surface area contributed by atoms with E-state index in [0.29, 0.717) is 12.8 Å². The lowest BCUT2D eigenvalue weighted by molar-refractivity contribution is -0.132. The van der Waals surface area contributed by atoms with Crippen LogP contribution in [0.2, 0.25) is 0 Å². The minimum Gasteiger partial charge on any atom is -0.426 e. The molecule has 0 aromatic heterocycles. The molecular formula is C16H27BN4O7. The summed E-state index contributed by atoms with van der Waals surface area (Å²) >= 11 is 0. The standard InChI is InChI=1S/C16H27BN4O7/c1-9(22)13(15(25)18-7-12(24)19-8-17(27)28)21-16(26)14(20-10(2)23)11-5-3-4-6-11/h9,13,22,27-28H,3-8H2,1-2H3,(H,18,25)(H,19,24)(H,20,23)(H,21,26)/t9?,13-/m0/s1. The monoisotopic (exact) mass is 398 g/mol. The molecule has 2 atom stereocenters. The van der Waals surface area contributed by atoms with Crippen LogP contribution in [0.15, 0.2) is 11.3 Å². The van der Waals surface area contributed by atoms with Crippen LogP contribution in [0.25, 0.3) is 0 Å². The predicted octanol–water partition coefficient (Wildman–Crippen LogP) is -2.94. The number of carbonyl (C=O) groups excluding carboxylic acids is 4. The first kappa shape index (κ1) is 23.6. The number of hydrogen-bond acceptors (Lipinski definition) is 7. The van der Waals surface area contributed by atoms with E-state index in [4.69, 9.17) is 10.0 Å². The Bertz CT molecular complexity index is 628. The number of aliphatic hydroxyl groups excluding tert-OH is 1. The van der Waals surface area contributed by atoms with Crippen molar-refractivity contribution in [3.05, 3.63) is 11.3 Å². The number of amides is 4. The topological polar surface area (TPSA) is 177 Å². The quantitative estimate of drug-likeness (QED) is 0.160. The molecule has 0 radical (unpaired) electrons. The first-order valence-corrected chi connectivity index (χ1v) is 9.01. The van der Waals surface area contributed by atoms with Gasteiger partial charge in [0.1, 0.15) is 11.7 Å². The Labute approximate surface area is 163 Å². The summed E-state index contributed by atoms with van der Waals surface area (Å²) in [5.74, 6) is -2.60. The Morgan fingerprint density at radius 2 is 1.71 bits per heavy atom. The summed E-state index contributed by atoms with van der Waals surface area (Å²) in [4.78, 5) is 47.8. The maximum atomic E-state index is 12.6. The zero-order valence-corrected chi connectivity index (χ0v) is 15.9. The van der Waals surface area contributed by atoms with Crippen LogP contribution in [-0.4, -0.2) is 71.0 Å². The second-order valence-electron chi connectivity index (χ2n) is 6.56. The fourth-order valence-electron chi connectivity index (χ4n) is 2.70. The van der Waals surface area contributed by atoms with Crippen molar-refractivity contribution in [2.24, 2.45) is 0 Å². The highest BCUT2D eigenvalue weighted by molar-refractivity contribution is 6.41. The smallest absolute Gasteiger partial charge is 0.426 e. The molecule has 0 aromatic carbocycles. The second-order valence-corrected chi connectivity index (χ2v) is 6.56. The molecule has 0 bridgehead atoms. The molecule has 1 rings (SSSR count). The van der Waals surface area contributed by atoms with Crippen LogP contribution in [0, 0.1) is 0 Å². The van der Waals surface area contributed by atoms with Crippen LogP contribution in [0.1, 0.15) is 39.5 Å². The molecule has 11 nitrogen and oxygen atoms in total. The summed E-state index contributed by atoms with van der Waals surface area (Å²) < 4.78 is 0. The molecule has 0 aliphatic heterocycles. The fraction of sp³-hybridized carbons (Fsp3) is 0.625. The van der Waals surface area contributed by atoms with E-state index >= 15 is 0 Å². The van der Waals surface area contributed by atoms with Gasteiger partial charge in [-0.3, -0.25) is 19.2 Å². The molecule has 0 aromatic rings. The van der Waals surface area contributed by atoms with Gasteiger partial charge in [0.05, 0.1) is 19.1 Å². The molecule has 1 aliphatic carbocycles. The molecule has 28 heavy (non-hydrogen) atoms. The summed E-state index contributed by atoms with van der Waals surface area (Å²) in [6.45, 7) is 2.08. The lowest BCUT2D eigenvalue weighted by Crippen LogP contribution is -2.55. The van der Waals surface area contributed by atoms with Crippen LogP contribution >= 0.6 is 0 Å². The Morgan fingerprint density at radius 3 is 2.21 bits per heavy atom. The van der Waals surface area contributed by atoms with Crippen molar-refractivity contribution < 1.29 is 34.3 Å². The number of carbonyl (C=O) groups is 4. The maximum Gasteiger partial charge on any atom is 0.472 e. The van der Waals surface area contributed by atoms with Gasteiger partial charge in [0.15, 0.2) is 0 Å². The van der Waals surface area contributed by atoms with Crippen LogP contribution in [0.5, 0.6) is 0 Å². The average molecular weight is 398 g/mol. The van der Waals surface area contributed by atoms with Crippen molar-refractivity contribution in [3.8, 4) is 0 Å². The zero-order valence-electron chi connectivity index (χ0n) is 15.9. The Kier molecular flexibility index (Phi) is 9.63. The molecule has 1 aliphatic rings. The van der Waals surface area contributed by atoms with Gasteiger partial charge in [0.2, 0.25) is 17.7 Å². The third kappa shape index (κ3) is 8.07. The average Bonchev–Trinajstić information content (AvgIpc) is 3.13. The van der Waals surface area contributed by atoms with Gasteiger partial charge in [-0.1, -0.05) is 0 Å². The lowest BCUT2D eigenvalue weighted by atomic mass is 9.92. The van der Waals surface area contributed by atoms with Crippen molar-refractivity contribution in [2.75, 3.05) is 13.0 Å². The van der Waals surface area contributed by atoms with Gasteiger partial charge in [0.25, 0.3) is 5.91 Å². The molecule has 0 spiro atoms. The van der Waals surface area contributed by atoms with Crippen LogP contribution in [-0.2, 0) is 19.2 Å². The summed E-state index contributed by atoms with van der Waals surface area (Å²) in [6.07, 6.45) is 1.43. The second kappa shape index (κ2) is 11.4. The van der Waals surface area contributed by atoms with Crippen molar-refractivity contribution >= 4 is 30.7 Å². The summed E-state index contributed by atoms with van der Waals surface area (Å²) in [5, 5.41) is 36.5. The third-order valence-electron chi connectivity index (χ3n) is 4.05. The van der Waals surface area contributed by atoms with Crippen LogP contribution in [0.4, 0.5) is 0 Å². The summed E-state index contributed by atoms with van der Waals surface area (Å²) in [7, 11) is -1.72. The van der Waals surface area contributed by atoms with E-state index in [-0.39, 0.29) is 5.70 Å². The van der Waals surface area contributed by atoms with E-state index in [1.165, 1.54) is 13.8 Å². The Morgan fingerprint density at radius 1 is 1.11 bits per heavy atom. The van der Waals surface area contributed by atoms with Crippen molar-refractivity contribution in [1.82, 2.24) is 21.3 Å². The van der Waals surface area contributed by atoms with Gasteiger partial charge in [-0.25, -0.2) is 0 Å². The first-order chi connectivity index (χ1) is 13.1. The normalized spacial score (nSPS) is 15.2. The third-order valence-corrected chi connectivity index (χ3v) is 4.05. The number of hydrogen-bond donors (Lipinski definition) is 7. The van der Waals surface area contributed by atoms with Crippen LogP contribution in [0.3, 0.4) is 0 Å². The molecule has 0 heterocycles. The summed E-state index contributed by atoms with van der Waals surface area (Å²) in [5.41, 5.74) is 0.859. The van der Waals surface area contributed by atoms with Gasteiger partial charge >= 0.3 is 7.12 Å². The molecule has 4 amide bonds. The molecule has 1 fully saturated rings. The van der Waals surface area contributed by atoms with Gasteiger partial charge in [0, 0.05) is 6.92 Å². The molecule has 0 saturated heterocycles. The molecule has 1 unspecified atom stereocenters. The molecule has 12 heteroatoms. The number of rotatable bonds is 9. The van der Waals surface area contributed by atoms with E-state index in [0.717, 1.165) is 18.4 Å². The zero-order chi connectivity index (χ0) is 21.3. The highest BCUT2D eigenvalue weighted by atomic mass is 16.4. The number of aliphatic hydroxyl groups is 1. The number of nitrogens with one attached hydrogen (secondary N) is 4. The van der Waals surface area contributed by atoms with E-state index in [1.807, 2.05) is 0 Å². The van der Waals surface area contributed by atoms with Crippen molar-refractivity contribution in [1.29, 1.82) is 0 Å². The van der Waals surface area contributed by atoms with E-state index < -0.39 is 55.9 Å². The van der Waals surface area contributed by atoms with Gasteiger partial charge in [-0.05, 0) is 38.2 Å². The Hall–Kier alpha value is -2.44. The fourth-order valence-corrected chi connectivity index (χ4v) is 2.70. The van der Waals surface area contributed by atoms with E-state index in [9.17, 15) is 24.3 Å². The molecule has 7 N–H and O–H groups in total. The largest absolute Gasteiger partial charge is 0.472 e. The molecule has 156 valence electrons. The minimum absolute atomic E-state index is 0.0816. The van der Waals surface area contributed by atoms with Gasteiger partial charge < -0.3 is 36.4 Å². The number of allylic oxidation sites excluding steroid dienone is 1. The van der Waals surface area contributed by atoms with Crippen molar-refractivity contribution in [3.63, 3.8) is 0 Å². The van der Waals surface area contributed by atoms with Crippen molar-refractivity contribution in [2.45, 2.75) is 51.7 Å². The Balaban J connectivity index is 2.75. The maximum absolute atomic E-state index is 12.6. The van der Waals surface area contributed by atoms with Gasteiger partial charge in [-0.2, -0.15) is 0 Å². The predicted molar refractivity (Wildman–Crippen MR) is 99.1 cm³/mol. The minimum atomic E-state index is -1.72. The highest BCUT2D eigenvalue weighted by Crippen LogP contribution is 2.26. The first-order valence-electron chi connectivity index (χ1n) is 9.01. The van der Waals surface area contributed by atoms with E-state index in [2.05, 4.69) is 21.3 Å². The van der Waals surface area contributed by atoms with Gasteiger partial charge in [-0.15, -0.1) is 0 Å². The molecular weight excluding hydrogens is 371 g/mol. The lowest BCUT2D eigenvalue weighted by Gasteiger charge is -2.22. The van der Waals surface area contributed by atoms with Crippen LogP contribution < -0.4 is 21.3 Å². The highest BCUT2D eigenvalue weighted by Gasteiger charge is 2.29. The summed E-state index contributed by atoms with van der Waals surface area (Å²) in [6, 6.07) is -1.35. The SMILES string of the molecule is CC(=O)NC(C(=O)N[C@H](C(=O)NCC(=O)NCB(O)O)C(C)O)=C1CCCC1. The van der Waals surface area contributed by atoms with E-state index in [1.54, 1.807) is 0 Å².